The predicted molar refractivity (Wildman–Crippen MR) is 177 cm³/mol. The SMILES string of the molecule is O=C(Nc1ccc2c(c1)nc(CN1CCC(c3cccc(OCc4ccc(Cl)cc4F)n3)CC1)n2C[C@@H]1CCO1)C1CCS(=O)(=O)C1. The number of carbonyl (C=O) groups is 1. The van der Waals surface area contributed by atoms with Crippen LogP contribution >= 0.6 is 11.6 Å². The van der Waals surface area contributed by atoms with Crippen molar-refractivity contribution in [2.24, 2.45) is 5.92 Å². The molecule has 2 aromatic carbocycles. The molecule has 0 spiro atoms. The highest BCUT2D eigenvalue weighted by molar-refractivity contribution is 7.91. The summed E-state index contributed by atoms with van der Waals surface area (Å²) in [5.74, 6) is 0.468. The molecule has 1 unspecified atom stereocenters. The van der Waals surface area contributed by atoms with Crippen molar-refractivity contribution in [3.05, 3.63) is 82.5 Å². The molecule has 0 bridgehead atoms. The Morgan fingerprint density at radius 2 is 1.89 bits per heavy atom. The fourth-order valence-corrected chi connectivity index (χ4v) is 8.48. The number of hydrogen-bond donors (Lipinski definition) is 1. The number of likely N-dealkylation sites (tertiary alicyclic amines) is 1. The van der Waals surface area contributed by atoms with Gasteiger partial charge in [-0.2, -0.15) is 0 Å². The van der Waals surface area contributed by atoms with Gasteiger partial charge in [0.25, 0.3) is 0 Å². The van der Waals surface area contributed by atoms with Crippen molar-refractivity contribution < 1.29 is 27.1 Å². The van der Waals surface area contributed by atoms with Crippen LogP contribution in [0.2, 0.25) is 5.02 Å². The minimum Gasteiger partial charge on any atom is -0.473 e. The van der Waals surface area contributed by atoms with E-state index in [9.17, 15) is 17.6 Å². The topological polar surface area (TPSA) is 116 Å². The Morgan fingerprint density at radius 3 is 2.62 bits per heavy atom. The van der Waals surface area contributed by atoms with Gasteiger partial charge in [-0.3, -0.25) is 9.69 Å². The molecule has 7 rings (SSSR count). The van der Waals surface area contributed by atoms with Crippen molar-refractivity contribution in [2.45, 2.75) is 57.4 Å². The second kappa shape index (κ2) is 13.5. The first kappa shape index (κ1) is 32.0. The molecular formula is C34H37ClFN5O5S. The fourth-order valence-electron chi connectivity index (χ4n) is 6.58. The summed E-state index contributed by atoms with van der Waals surface area (Å²) in [6.45, 7) is 3.99. The number of benzene rings is 2. The van der Waals surface area contributed by atoms with Gasteiger partial charge < -0.3 is 19.4 Å². The molecule has 2 aromatic heterocycles. The molecule has 3 fully saturated rings. The van der Waals surface area contributed by atoms with Gasteiger partial charge in [-0.15, -0.1) is 0 Å². The highest BCUT2D eigenvalue weighted by Crippen LogP contribution is 2.31. The molecule has 13 heteroatoms. The van der Waals surface area contributed by atoms with Crippen LogP contribution in [-0.4, -0.2) is 71.1 Å². The quantitative estimate of drug-likeness (QED) is 0.239. The van der Waals surface area contributed by atoms with E-state index in [4.69, 9.17) is 31.0 Å². The first-order valence-electron chi connectivity index (χ1n) is 16.1. The number of halogens is 2. The second-order valence-corrected chi connectivity index (χ2v) is 15.4. The number of anilines is 1. The summed E-state index contributed by atoms with van der Waals surface area (Å²) in [6.07, 6.45) is 3.38. The van der Waals surface area contributed by atoms with Crippen molar-refractivity contribution in [1.29, 1.82) is 0 Å². The minimum atomic E-state index is -3.15. The molecule has 0 saturated carbocycles. The molecule has 3 saturated heterocycles. The van der Waals surface area contributed by atoms with E-state index < -0.39 is 21.6 Å². The Hall–Kier alpha value is -3.58. The molecule has 3 aliphatic heterocycles. The zero-order valence-electron chi connectivity index (χ0n) is 25.9. The fraction of sp³-hybridized carbons (Fsp3) is 0.441. The van der Waals surface area contributed by atoms with Gasteiger partial charge in [0.15, 0.2) is 9.84 Å². The Labute approximate surface area is 278 Å². The number of ether oxygens (including phenoxy) is 2. The largest absolute Gasteiger partial charge is 0.473 e. The normalized spacial score (nSPS) is 21.5. The lowest BCUT2D eigenvalue weighted by Crippen LogP contribution is -2.35. The van der Waals surface area contributed by atoms with E-state index in [2.05, 4.69) is 14.8 Å². The molecule has 0 radical (unpaired) electrons. The molecule has 1 N–H and O–H groups in total. The number of piperidine rings is 1. The van der Waals surface area contributed by atoms with E-state index >= 15 is 0 Å². The van der Waals surface area contributed by atoms with Crippen LogP contribution in [0, 0.1) is 11.7 Å². The molecule has 47 heavy (non-hydrogen) atoms. The Balaban J connectivity index is 1.000. The molecule has 1 amide bonds. The van der Waals surface area contributed by atoms with Crippen LogP contribution < -0.4 is 10.1 Å². The van der Waals surface area contributed by atoms with Crippen LogP contribution in [0.15, 0.2) is 54.6 Å². The van der Waals surface area contributed by atoms with E-state index in [1.165, 1.54) is 6.07 Å². The average Bonchev–Trinajstić information content (AvgIpc) is 3.57. The maximum absolute atomic E-state index is 14.2. The lowest BCUT2D eigenvalue weighted by atomic mass is 9.93. The first-order chi connectivity index (χ1) is 22.7. The number of pyridine rings is 1. The van der Waals surface area contributed by atoms with Gasteiger partial charge >= 0.3 is 0 Å². The highest BCUT2D eigenvalue weighted by atomic mass is 35.5. The van der Waals surface area contributed by atoms with Gasteiger partial charge in [0.05, 0.1) is 47.7 Å². The molecule has 4 aromatic rings. The Bertz CT molecular complexity index is 1890. The van der Waals surface area contributed by atoms with E-state index in [0.29, 0.717) is 41.7 Å². The van der Waals surface area contributed by atoms with Crippen molar-refractivity contribution in [3.63, 3.8) is 0 Å². The van der Waals surface area contributed by atoms with Crippen LogP contribution in [0.3, 0.4) is 0 Å². The molecule has 3 aliphatic rings. The third kappa shape index (κ3) is 7.45. The van der Waals surface area contributed by atoms with Gasteiger partial charge in [0.2, 0.25) is 11.8 Å². The summed E-state index contributed by atoms with van der Waals surface area (Å²) in [5, 5.41) is 3.25. The zero-order valence-corrected chi connectivity index (χ0v) is 27.5. The van der Waals surface area contributed by atoms with Crippen LogP contribution in [0.4, 0.5) is 10.1 Å². The number of imidazole rings is 1. The maximum atomic E-state index is 14.2. The molecule has 5 heterocycles. The van der Waals surface area contributed by atoms with Crippen LogP contribution in [0.1, 0.15) is 48.7 Å². The van der Waals surface area contributed by atoms with Crippen LogP contribution in [-0.2, 0) is 39.1 Å². The number of hydrogen-bond acceptors (Lipinski definition) is 8. The number of fused-ring (bicyclic) bond motifs is 1. The third-order valence-corrected chi connectivity index (χ3v) is 11.4. The smallest absolute Gasteiger partial charge is 0.228 e. The zero-order chi connectivity index (χ0) is 32.5. The highest BCUT2D eigenvalue weighted by Gasteiger charge is 2.33. The molecule has 10 nitrogen and oxygen atoms in total. The second-order valence-electron chi connectivity index (χ2n) is 12.7. The number of amides is 1. The van der Waals surface area contributed by atoms with Gasteiger partial charge in [0.1, 0.15) is 18.2 Å². The number of rotatable bonds is 10. The molecule has 248 valence electrons. The summed E-state index contributed by atoms with van der Waals surface area (Å²) in [7, 11) is -3.15. The lowest BCUT2D eigenvalue weighted by Gasteiger charge is -2.32. The summed E-state index contributed by atoms with van der Waals surface area (Å²) >= 11 is 5.86. The van der Waals surface area contributed by atoms with Crippen molar-refractivity contribution in [1.82, 2.24) is 19.4 Å². The Morgan fingerprint density at radius 1 is 1.06 bits per heavy atom. The molecule has 2 atom stereocenters. The number of nitrogens with zero attached hydrogens (tertiary/aromatic N) is 4. The third-order valence-electron chi connectivity index (χ3n) is 9.38. The van der Waals surface area contributed by atoms with E-state index in [1.807, 2.05) is 30.3 Å². The Kier molecular flexibility index (Phi) is 9.19. The number of aromatic nitrogens is 3. The summed E-state index contributed by atoms with van der Waals surface area (Å²) < 4.78 is 51.7. The number of nitrogens with one attached hydrogen (secondary N) is 1. The van der Waals surface area contributed by atoms with Gasteiger partial charge in [0, 0.05) is 40.6 Å². The van der Waals surface area contributed by atoms with Crippen molar-refractivity contribution >= 4 is 44.1 Å². The van der Waals surface area contributed by atoms with Crippen molar-refractivity contribution in [2.75, 3.05) is 36.5 Å². The van der Waals surface area contributed by atoms with E-state index in [1.54, 1.807) is 18.2 Å². The van der Waals surface area contributed by atoms with Crippen LogP contribution in [0.25, 0.3) is 11.0 Å². The predicted octanol–water partition coefficient (Wildman–Crippen LogP) is 5.34. The monoisotopic (exact) mass is 681 g/mol. The van der Waals surface area contributed by atoms with Crippen molar-refractivity contribution in [3.8, 4) is 5.88 Å². The number of carbonyl (C=O) groups excluding carboxylic acids is 1. The van der Waals surface area contributed by atoms with Gasteiger partial charge in [-0.25, -0.2) is 22.8 Å². The van der Waals surface area contributed by atoms with Gasteiger partial charge in [-0.05, 0) is 75.2 Å². The molecular weight excluding hydrogens is 645 g/mol. The average molecular weight is 682 g/mol. The minimum absolute atomic E-state index is 0.0587. The van der Waals surface area contributed by atoms with E-state index in [-0.39, 0.29) is 36.0 Å². The van der Waals surface area contributed by atoms with E-state index in [0.717, 1.165) is 61.5 Å². The number of sulfone groups is 1. The summed E-state index contributed by atoms with van der Waals surface area (Å²) in [4.78, 5) is 24.9. The van der Waals surface area contributed by atoms with Crippen LogP contribution in [0.5, 0.6) is 5.88 Å². The maximum Gasteiger partial charge on any atom is 0.228 e. The standard InChI is InChI=1S/C34H37ClFN5O5S/c35-25-5-4-23(28(36)16-25)20-46-33-3-1-2-29(39-33)22-8-12-40(13-9-22)19-32-38-30-17-26(37-34(42)24-11-15-47(43,44)21-24)6-7-31(30)41(32)18-27-10-14-45-27/h1-7,16-17,22,24,27H,8-15,18-21H2,(H,37,42)/t24?,27-/m0/s1. The summed E-state index contributed by atoms with van der Waals surface area (Å²) in [6, 6.07) is 16.0. The van der Waals surface area contributed by atoms with Gasteiger partial charge in [-0.1, -0.05) is 23.7 Å². The molecule has 0 aliphatic carbocycles. The summed E-state index contributed by atoms with van der Waals surface area (Å²) in [5.41, 5.74) is 3.77. The lowest BCUT2D eigenvalue weighted by molar-refractivity contribution is -0.119. The first-order valence-corrected chi connectivity index (χ1v) is 18.3.